The molecule has 1 fully saturated rings. The molecule has 0 atom stereocenters. The van der Waals surface area contributed by atoms with Crippen molar-refractivity contribution in [3.05, 3.63) is 33.8 Å². The highest BCUT2D eigenvalue weighted by molar-refractivity contribution is 7.08. The molecule has 1 N–H and O–H groups in total. The number of nitrogens with one attached hydrogen (secondary N) is 1. The molecule has 0 spiro atoms. The largest absolute Gasteiger partial charge is 0.352 e. The molecule has 1 aliphatic rings. The maximum Gasteiger partial charge on any atom is 0.203 e. The molecule has 3 nitrogen and oxygen atoms in total. The third-order valence-electron chi connectivity index (χ3n) is 3.97. The van der Waals surface area contributed by atoms with E-state index >= 15 is 0 Å². The highest BCUT2D eigenvalue weighted by Crippen LogP contribution is 2.32. The van der Waals surface area contributed by atoms with Gasteiger partial charge in [-0.05, 0) is 48.6 Å². The van der Waals surface area contributed by atoms with Crippen molar-refractivity contribution in [2.45, 2.75) is 52.1 Å². The first-order valence-corrected chi connectivity index (χ1v) is 7.99. The number of thiophene rings is 1. The van der Waals surface area contributed by atoms with Crippen molar-refractivity contribution in [2.24, 2.45) is 0 Å². The summed E-state index contributed by atoms with van der Waals surface area (Å²) in [5.74, 6) is 1.04. The van der Waals surface area contributed by atoms with Gasteiger partial charge in [0, 0.05) is 18.8 Å². The summed E-state index contributed by atoms with van der Waals surface area (Å²) in [4.78, 5) is 4.64. The predicted octanol–water partition coefficient (Wildman–Crippen LogP) is 4.29. The molecule has 2 aromatic heterocycles. The van der Waals surface area contributed by atoms with Crippen LogP contribution >= 0.6 is 11.3 Å². The van der Waals surface area contributed by atoms with Gasteiger partial charge in [0.1, 0.15) is 0 Å². The molecule has 0 radical (unpaired) electrons. The Morgan fingerprint density at radius 3 is 2.79 bits per heavy atom. The Morgan fingerprint density at radius 2 is 2.11 bits per heavy atom. The summed E-state index contributed by atoms with van der Waals surface area (Å²) in [6.45, 7) is 5.12. The molecule has 0 bridgehead atoms. The van der Waals surface area contributed by atoms with E-state index in [0.717, 1.165) is 18.2 Å². The van der Waals surface area contributed by atoms with E-state index in [1.165, 1.54) is 36.8 Å². The van der Waals surface area contributed by atoms with Gasteiger partial charge < -0.3 is 9.88 Å². The Hall–Kier alpha value is -1.29. The maximum absolute atomic E-state index is 4.64. The van der Waals surface area contributed by atoms with E-state index in [2.05, 4.69) is 45.7 Å². The SMILES string of the molecule is Cc1cn(C2CCCC2)c(NCc2cscc2C)n1. The van der Waals surface area contributed by atoms with E-state index in [-0.39, 0.29) is 0 Å². The molecule has 0 saturated heterocycles. The fourth-order valence-corrected chi connectivity index (χ4v) is 3.71. The van der Waals surface area contributed by atoms with Crippen molar-refractivity contribution in [3.8, 4) is 0 Å². The molecule has 0 aromatic carbocycles. The first-order valence-electron chi connectivity index (χ1n) is 7.05. The molecular weight excluding hydrogens is 254 g/mol. The number of imidazole rings is 1. The first kappa shape index (κ1) is 12.7. The molecule has 2 heterocycles. The quantitative estimate of drug-likeness (QED) is 0.902. The normalized spacial score (nSPS) is 16.1. The third-order valence-corrected chi connectivity index (χ3v) is 4.88. The van der Waals surface area contributed by atoms with Gasteiger partial charge in [0.2, 0.25) is 5.95 Å². The molecule has 1 aliphatic carbocycles. The highest BCUT2D eigenvalue weighted by Gasteiger charge is 2.20. The van der Waals surface area contributed by atoms with Crippen LogP contribution in [0.4, 0.5) is 5.95 Å². The zero-order valence-electron chi connectivity index (χ0n) is 11.6. The van der Waals surface area contributed by atoms with Crippen LogP contribution in [0.1, 0.15) is 48.5 Å². The van der Waals surface area contributed by atoms with Crippen LogP contribution in [-0.2, 0) is 6.54 Å². The smallest absolute Gasteiger partial charge is 0.203 e. The van der Waals surface area contributed by atoms with E-state index in [4.69, 9.17) is 0 Å². The van der Waals surface area contributed by atoms with E-state index < -0.39 is 0 Å². The summed E-state index contributed by atoms with van der Waals surface area (Å²) in [5.41, 5.74) is 3.85. The lowest BCUT2D eigenvalue weighted by Crippen LogP contribution is -2.10. The molecule has 4 heteroatoms. The van der Waals surface area contributed by atoms with Crippen LogP contribution in [0.15, 0.2) is 17.0 Å². The molecular formula is C15H21N3S. The van der Waals surface area contributed by atoms with Gasteiger partial charge in [0.15, 0.2) is 0 Å². The number of rotatable bonds is 4. The molecule has 19 heavy (non-hydrogen) atoms. The highest BCUT2D eigenvalue weighted by atomic mass is 32.1. The van der Waals surface area contributed by atoms with E-state index in [1.54, 1.807) is 11.3 Å². The van der Waals surface area contributed by atoms with Crippen LogP contribution in [0.3, 0.4) is 0 Å². The lowest BCUT2D eigenvalue weighted by atomic mass is 10.2. The zero-order valence-corrected chi connectivity index (χ0v) is 12.5. The number of hydrogen-bond acceptors (Lipinski definition) is 3. The maximum atomic E-state index is 4.64. The summed E-state index contributed by atoms with van der Waals surface area (Å²) in [6.07, 6.45) is 7.48. The average molecular weight is 275 g/mol. The van der Waals surface area contributed by atoms with Crippen molar-refractivity contribution in [1.82, 2.24) is 9.55 Å². The third kappa shape index (κ3) is 2.68. The minimum Gasteiger partial charge on any atom is -0.352 e. The number of aromatic nitrogens is 2. The van der Waals surface area contributed by atoms with Gasteiger partial charge in [-0.15, -0.1) is 0 Å². The average Bonchev–Trinajstić information content (AvgIpc) is 3.07. The van der Waals surface area contributed by atoms with Crippen molar-refractivity contribution < 1.29 is 0 Å². The molecule has 2 aromatic rings. The van der Waals surface area contributed by atoms with Crippen LogP contribution < -0.4 is 5.32 Å². The zero-order chi connectivity index (χ0) is 13.2. The Balaban J connectivity index is 1.75. The van der Waals surface area contributed by atoms with Gasteiger partial charge >= 0.3 is 0 Å². The summed E-state index contributed by atoms with van der Waals surface area (Å²) in [6, 6.07) is 0.646. The van der Waals surface area contributed by atoms with Crippen LogP contribution in [-0.4, -0.2) is 9.55 Å². The topological polar surface area (TPSA) is 29.9 Å². The fourth-order valence-electron chi connectivity index (χ4n) is 2.85. The standard InChI is InChI=1S/C15H21N3S/c1-11-9-19-10-13(11)7-16-15-17-12(2)8-18(15)14-5-3-4-6-14/h8-10,14H,3-7H2,1-2H3,(H,16,17). The van der Waals surface area contributed by atoms with E-state index in [1.807, 2.05) is 0 Å². The Labute approximate surface area is 118 Å². The molecule has 0 amide bonds. The number of hydrogen-bond donors (Lipinski definition) is 1. The lowest BCUT2D eigenvalue weighted by molar-refractivity contribution is 0.522. The second-order valence-corrected chi connectivity index (χ2v) is 6.23. The molecule has 102 valence electrons. The second kappa shape index (κ2) is 5.37. The van der Waals surface area contributed by atoms with Gasteiger partial charge in [-0.1, -0.05) is 12.8 Å². The Kier molecular flexibility index (Phi) is 3.60. The summed E-state index contributed by atoms with van der Waals surface area (Å²) in [5, 5.41) is 7.93. The van der Waals surface area contributed by atoms with Crippen LogP contribution in [0.5, 0.6) is 0 Å². The van der Waals surface area contributed by atoms with Crippen molar-refractivity contribution in [3.63, 3.8) is 0 Å². The Bertz CT molecular complexity index is 549. The number of anilines is 1. The van der Waals surface area contributed by atoms with Gasteiger partial charge in [-0.25, -0.2) is 4.98 Å². The van der Waals surface area contributed by atoms with E-state index in [9.17, 15) is 0 Å². The monoisotopic (exact) mass is 275 g/mol. The summed E-state index contributed by atoms with van der Waals surface area (Å²) < 4.78 is 2.35. The first-order chi connectivity index (χ1) is 9.24. The fraction of sp³-hybridized carbons (Fsp3) is 0.533. The number of nitrogens with zero attached hydrogens (tertiary/aromatic N) is 2. The van der Waals surface area contributed by atoms with E-state index in [0.29, 0.717) is 6.04 Å². The van der Waals surface area contributed by atoms with Gasteiger partial charge in [-0.2, -0.15) is 11.3 Å². The molecule has 3 rings (SSSR count). The van der Waals surface area contributed by atoms with Crippen molar-refractivity contribution >= 4 is 17.3 Å². The lowest BCUT2D eigenvalue weighted by Gasteiger charge is -2.15. The Morgan fingerprint density at radius 1 is 1.32 bits per heavy atom. The molecule has 1 saturated carbocycles. The van der Waals surface area contributed by atoms with Gasteiger partial charge in [0.05, 0.1) is 5.69 Å². The number of aryl methyl sites for hydroxylation is 2. The van der Waals surface area contributed by atoms with Crippen LogP contribution in [0, 0.1) is 13.8 Å². The summed E-state index contributed by atoms with van der Waals surface area (Å²) in [7, 11) is 0. The van der Waals surface area contributed by atoms with Crippen LogP contribution in [0.25, 0.3) is 0 Å². The van der Waals surface area contributed by atoms with Crippen molar-refractivity contribution in [1.29, 1.82) is 0 Å². The minimum absolute atomic E-state index is 0.646. The molecule has 0 unspecified atom stereocenters. The minimum atomic E-state index is 0.646. The second-order valence-electron chi connectivity index (χ2n) is 5.49. The summed E-state index contributed by atoms with van der Waals surface area (Å²) >= 11 is 1.77. The predicted molar refractivity (Wildman–Crippen MR) is 80.9 cm³/mol. The van der Waals surface area contributed by atoms with Gasteiger partial charge in [-0.3, -0.25) is 0 Å². The van der Waals surface area contributed by atoms with Crippen LogP contribution in [0.2, 0.25) is 0 Å². The molecule has 0 aliphatic heterocycles. The van der Waals surface area contributed by atoms with Crippen molar-refractivity contribution in [2.75, 3.05) is 5.32 Å². The van der Waals surface area contributed by atoms with Gasteiger partial charge in [0.25, 0.3) is 0 Å².